The van der Waals surface area contributed by atoms with E-state index in [4.69, 9.17) is 14.2 Å². The monoisotopic (exact) mass is 382 g/mol. The molecule has 3 rings (SSSR count). The van der Waals surface area contributed by atoms with Gasteiger partial charge in [0, 0.05) is 5.69 Å². The first-order chi connectivity index (χ1) is 13.5. The van der Waals surface area contributed by atoms with E-state index in [9.17, 15) is 9.59 Å². The van der Waals surface area contributed by atoms with Crippen LogP contribution in [0.15, 0.2) is 42.5 Å². The SMILES string of the molecule is C/C=C/c1ccc(OCC(=O)Nc2ccc3c(c2)NC(=O)C(C)O3)c(OC)c1. The van der Waals surface area contributed by atoms with Crippen LogP contribution < -0.4 is 24.8 Å². The van der Waals surface area contributed by atoms with Crippen molar-refractivity contribution >= 4 is 29.3 Å². The molecule has 0 radical (unpaired) electrons. The van der Waals surface area contributed by atoms with Crippen LogP contribution in [0, 0.1) is 0 Å². The zero-order valence-corrected chi connectivity index (χ0v) is 15.9. The third-order valence-electron chi connectivity index (χ3n) is 4.10. The largest absolute Gasteiger partial charge is 0.493 e. The predicted molar refractivity (Wildman–Crippen MR) is 107 cm³/mol. The average molecular weight is 382 g/mol. The minimum absolute atomic E-state index is 0.184. The number of carbonyl (C=O) groups excluding carboxylic acids is 2. The van der Waals surface area contributed by atoms with Gasteiger partial charge in [0.15, 0.2) is 24.2 Å². The van der Waals surface area contributed by atoms with Crippen LogP contribution in [0.2, 0.25) is 0 Å². The van der Waals surface area contributed by atoms with E-state index in [1.165, 1.54) is 0 Å². The Morgan fingerprint density at radius 2 is 2.07 bits per heavy atom. The third-order valence-corrected chi connectivity index (χ3v) is 4.10. The zero-order chi connectivity index (χ0) is 20.1. The van der Waals surface area contributed by atoms with E-state index in [0.717, 1.165) is 5.56 Å². The molecule has 7 heteroatoms. The van der Waals surface area contributed by atoms with E-state index >= 15 is 0 Å². The van der Waals surface area contributed by atoms with Gasteiger partial charge in [0.05, 0.1) is 12.8 Å². The first-order valence-corrected chi connectivity index (χ1v) is 8.85. The Morgan fingerprint density at radius 3 is 2.82 bits per heavy atom. The summed E-state index contributed by atoms with van der Waals surface area (Å²) in [5.74, 6) is 1.02. The number of benzene rings is 2. The number of anilines is 2. The Bertz CT molecular complexity index is 923. The van der Waals surface area contributed by atoms with Crippen molar-refractivity contribution in [2.45, 2.75) is 20.0 Å². The number of nitrogens with one attached hydrogen (secondary N) is 2. The highest BCUT2D eigenvalue weighted by Crippen LogP contribution is 2.32. The van der Waals surface area contributed by atoms with Crippen molar-refractivity contribution in [1.82, 2.24) is 0 Å². The number of hydrogen-bond donors (Lipinski definition) is 2. The van der Waals surface area contributed by atoms with Crippen LogP contribution in [0.1, 0.15) is 19.4 Å². The summed E-state index contributed by atoms with van der Waals surface area (Å²) in [6.07, 6.45) is 3.32. The molecule has 0 bridgehead atoms. The second kappa shape index (κ2) is 8.47. The van der Waals surface area contributed by atoms with E-state index < -0.39 is 6.10 Å². The number of ether oxygens (including phenoxy) is 3. The summed E-state index contributed by atoms with van der Waals surface area (Å²) in [5.41, 5.74) is 2.02. The molecule has 7 nitrogen and oxygen atoms in total. The molecule has 0 saturated carbocycles. The van der Waals surface area contributed by atoms with Gasteiger partial charge in [0.25, 0.3) is 11.8 Å². The third kappa shape index (κ3) is 4.43. The number of hydrogen-bond acceptors (Lipinski definition) is 5. The lowest BCUT2D eigenvalue weighted by molar-refractivity contribution is -0.122. The number of rotatable bonds is 6. The van der Waals surface area contributed by atoms with Gasteiger partial charge < -0.3 is 24.8 Å². The van der Waals surface area contributed by atoms with Crippen LogP contribution in [-0.2, 0) is 9.59 Å². The van der Waals surface area contributed by atoms with Gasteiger partial charge in [-0.3, -0.25) is 9.59 Å². The minimum Gasteiger partial charge on any atom is -0.493 e. The molecular formula is C21H22N2O5. The van der Waals surface area contributed by atoms with E-state index in [0.29, 0.717) is 28.6 Å². The van der Waals surface area contributed by atoms with E-state index in [-0.39, 0.29) is 18.4 Å². The zero-order valence-electron chi connectivity index (χ0n) is 15.9. The number of fused-ring (bicyclic) bond motifs is 1. The molecule has 0 saturated heterocycles. The first kappa shape index (κ1) is 19.3. The van der Waals surface area contributed by atoms with Crippen molar-refractivity contribution in [3.05, 3.63) is 48.0 Å². The minimum atomic E-state index is -0.546. The summed E-state index contributed by atoms with van der Waals surface area (Å²) in [4.78, 5) is 23.9. The highest BCUT2D eigenvalue weighted by molar-refractivity contribution is 5.99. The molecule has 1 aliphatic heterocycles. The fourth-order valence-electron chi connectivity index (χ4n) is 2.73. The van der Waals surface area contributed by atoms with Crippen LogP contribution in [0.5, 0.6) is 17.2 Å². The van der Waals surface area contributed by atoms with Crippen molar-refractivity contribution in [1.29, 1.82) is 0 Å². The molecule has 0 aliphatic carbocycles. The highest BCUT2D eigenvalue weighted by atomic mass is 16.5. The molecule has 2 N–H and O–H groups in total. The van der Waals surface area contributed by atoms with Crippen molar-refractivity contribution in [3.63, 3.8) is 0 Å². The van der Waals surface area contributed by atoms with Crippen molar-refractivity contribution in [2.24, 2.45) is 0 Å². The summed E-state index contributed by atoms with van der Waals surface area (Å²) in [6.45, 7) is 3.42. The topological polar surface area (TPSA) is 85.9 Å². The van der Waals surface area contributed by atoms with Crippen LogP contribution in [0.25, 0.3) is 6.08 Å². The lowest BCUT2D eigenvalue weighted by Gasteiger charge is -2.23. The molecule has 2 aromatic carbocycles. The summed E-state index contributed by atoms with van der Waals surface area (Å²) in [5, 5.41) is 5.48. The lowest BCUT2D eigenvalue weighted by Crippen LogP contribution is -2.34. The quantitative estimate of drug-likeness (QED) is 0.799. The molecule has 146 valence electrons. The second-order valence-electron chi connectivity index (χ2n) is 6.21. The van der Waals surface area contributed by atoms with Gasteiger partial charge in [0.1, 0.15) is 5.75 Å². The van der Waals surface area contributed by atoms with Gasteiger partial charge in [0.2, 0.25) is 0 Å². The highest BCUT2D eigenvalue weighted by Gasteiger charge is 2.23. The molecule has 0 spiro atoms. The van der Waals surface area contributed by atoms with Gasteiger partial charge in [-0.25, -0.2) is 0 Å². The normalized spacial score (nSPS) is 15.4. The lowest BCUT2D eigenvalue weighted by atomic mass is 10.2. The van der Waals surface area contributed by atoms with Gasteiger partial charge in [-0.05, 0) is 49.7 Å². The van der Waals surface area contributed by atoms with Gasteiger partial charge >= 0.3 is 0 Å². The van der Waals surface area contributed by atoms with Gasteiger partial charge in [-0.1, -0.05) is 18.2 Å². The van der Waals surface area contributed by atoms with Crippen LogP contribution >= 0.6 is 0 Å². The number of allylic oxidation sites excluding steroid dienone is 1. The number of carbonyl (C=O) groups is 2. The second-order valence-corrected chi connectivity index (χ2v) is 6.21. The Morgan fingerprint density at radius 1 is 1.25 bits per heavy atom. The number of methoxy groups -OCH3 is 1. The summed E-state index contributed by atoms with van der Waals surface area (Å²) >= 11 is 0. The maximum atomic E-state index is 12.2. The Hall–Kier alpha value is -3.48. The molecular weight excluding hydrogens is 360 g/mol. The molecule has 2 amide bonds. The molecule has 1 atom stereocenters. The average Bonchev–Trinajstić information content (AvgIpc) is 2.68. The molecule has 1 aliphatic rings. The Kier molecular flexibility index (Phi) is 5.84. The maximum absolute atomic E-state index is 12.2. The molecule has 28 heavy (non-hydrogen) atoms. The molecule has 1 unspecified atom stereocenters. The standard InChI is InChI=1S/C21H22N2O5/c1-4-5-14-6-8-18(19(10-14)26-3)27-12-20(24)22-15-7-9-17-16(11-15)23-21(25)13(2)28-17/h4-11,13H,12H2,1-3H3,(H,22,24)(H,23,25)/b5-4+. The summed E-state index contributed by atoms with van der Waals surface area (Å²) in [6, 6.07) is 10.5. The Labute approximate surface area is 163 Å². The smallest absolute Gasteiger partial charge is 0.265 e. The Balaban J connectivity index is 1.62. The van der Waals surface area contributed by atoms with Crippen molar-refractivity contribution in [3.8, 4) is 17.2 Å². The predicted octanol–water partition coefficient (Wildman–Crippen LogP) is 3.47. The summed E-state index contributed by atoms with van der Waals surface area (Å²) in [7, 11) is 1.55. The molecule has 0 fully saturated rings. The molecule has 2 aromatic rings. The van der Waals surface area contributed by atoms with Crippen LogP contribution in [0.4, 0.5) is 11.4 Å². The fourth-order valence-corrected chi connectivity index (χ4v) is 2.73. The number of amides is 2. The fraction of sp³-hybridized carbons (Fsp3) is 0.238. The van der Waals surface area contributed by atoms with Crippen molar-refractivity contribution < 1.29 is 23.8 Å². The maximum Gasteiger partial charge on any atom is 0.265 e. The summed E-state index contributed by atoms with van der Waals surface area (Å²) < 4.78 is 16.4. The van der Waals surface area contributed by atoms with E-state index in [1.807, 2.05) is 31.2 Å². The van der Waals surface area contributed by atoms with Crippen molar-refractivity contribution in [2.75, 3.05) is 24.4 Å². The van der Waals surface area contributed by atoms with Gasteiger partial charge in [-0.2, -0.15) is 0 Å². The first-order valence-electron chi connectivity index (χ1n) is 8.85. The van der Waals surface area contributed by atoms with E-state index in [2.05, 4.69) is 10.6 Å². The molecule has 0 aromatic heterocycles. The van der Waals surface area contributed by atoms with E-state index in [1.54, 1.807) is 38.3 Å². The van der Waals surface area contributed by atoms with Crippen LogP contribution in [0.3, 0.4) is 0 Å². The van der Waals surface area contributed by atoms with Crippen LogP contribution in [-0.4, -0.2) is 31.6 Å². The molecule has 1 heterocycles. The van der Waals surface area contributed by atoms with Gasteiger partial charge in [-0.15, -0.1) is 0 Å².